The number of nitrogens with zero attached hydrogens (tertiary/aromatic N) is 3. The predicted octanol–water partition coefficient (Wildman–Crippen LogP) is 0.603. The van der Waals surface area contributed by atoms with Crippen LogP contribution < -0.4 is 10.2 Å². The van der Waals surface area contributed by atoms with Gasteiger partial charge >= 0.3 is 0 Å². The Morgan fingerprint density at radius 1 is 1.50 bits per heavy atom. The first-order valence-corrected chi connectivity index (χ1v) is 4.99. The van der Waals surface area contributed by atoms with E-state index in [2.05, 4.69) is 15.5 Å². The van der Waals surface area contributed by atoms with E-state index in [0.29, 0.717) is 11.9 Å². The molecule has 1 aliphatic rings. The van der Waals surface area contributed by atoms with E-state index in [0.717, 1.165) is 25.4 Å². The molecule has 0 aromatic carbocycles. The fraction of sp³-hybridized carbons (Fsp3) is 0.778. The molecular formula is C9H16N4O. The molecule has 1 aliphatic heterocycles. The molecule has 78 valence electrons. The summed E-state index contributed by atoms with van der Waals surface area (Å²) in [6.07, 6.45) is 2.33. The normalized spacial score (nSPS) is 22.3. The van der Waals surface area contributed by atoms with Gasteiger partial charge in [-0.1, -0.05) is 0 Å². The predicted molar refractivity (Wildman–Crippen MR) is 53.5 cm³/mol. The largest absolute Gasteiger partial charge is 0.344 e. The minimum absolute atomic E-state index is 0.393. The Bertz CT molecular complexity index is 291. The Hall–Kier alpha value is -1.10. The van der Waals surface area contributed by atoms with Gasteiger partial charge in [0.15, 0.2) is 0 Å². The van der Waals surface area contributed by atoms with Crippen LogP contribution in [0.2, 0.25) is 0 Å². The van der Waals surface area contributed by atoms with Crippen LogP contribution in [0.3, 0.4) is 0 Å². The van der Waals surface area contributed by atoms with Crippen molar-refractivity contribution in [3.63, 3.8) is 0 Å². The standard InChI is InChI=1S/C9H16N4O/c1-13(2)9-11-8(14-12-9)7-4-3-5-10-6-7/h7,10H,3-6H2,1-2H3/t7-/m1/s1. The van der Waals surface area contributed by atoms with Crippen LogP contribution in [-0.4, -0.2) is 37.3 Å². The number of piperidine rings is 1. The van der Waals surface area contributed by atoms with Crippen LogP contribution in [0.1, 0.15) is 24.7 Å². The third kappa shape index (κ3) is 1.87. The average Bonchev–Trinajstić information content (AvgIpc) is 2.68. The third-order valence-corrected chi connectivity index (χ3v) is 2.48. The van der Waals surface area contributed by atoms with Crippen molar-refractivity contribution >= 4 is 5.95 Å². The fourth-order valence-corrected chi connectivity index (χ4v) is 1.64. The summed E-state index contributed by atoms with van der Waals surface area (Å²) < 4.78 is 5.22. The van der Waals surface area contributed by atoms with E-state index in [4.69, 9.17) is 4.52 Å². The highest BCUT2D eigenvalue weighted by Gasteiger charge is 2.21. The van der Waals surface area contributed by atoms with E-state index in [1.807, 2.05) is 19.0 Å². The molecule has 0 radical (unpaired) electrons. The third-order valence-electron chi connectivity index (χ3n) is 2.48. The topological polar surface area (TPSA) is 54.2 Å². The zero-order valence-electron chi connectivity index (χ0n) is 8.66. The van der Waals surface area contributed by atoms with Gasteiger partial charge < -0.3 is 14.7 Å². The molecule has 1 fully saturated rings. The molecule has 1 atom stereocenters. The Morgan fingerprint density at radius 3 is 2.93 bits per heavy atom. The maximum Gasteiger partial charge on any atom is 0.265 e. The lowest BCUT2D eigenvalue weighted by molar-refractivity contribution is 0.322. The van der Waals surface area contributed by atoms with Crippen molar-refractivity contribution in [1.29, 1.82) is 0 Å². The van der Waals surface area contributed by atoms with Crippen molar-refractivity contribution in [1.82, 2.24) is 15.5 Å². The number of anilines is 1. The zero-order valence-corrected chi connectivity index (χ0v) is 8.66. The highest BCUT2D eigenvalue weighted by molar-refractivity contribution is 5.24. The molecule has 1 saturated heterocycles. The number of rotatable bonds is 2. The Kier molecular flexibility index (Phi) is 2.67. The quantitative estimate of drug-likeness (QED) is 0.750. The first-order valence-electron chi connectivity index (χ1n) is 4.99. The summed E-state index contributed by atoms with van der Waals surface area (Å²) in [4.78, 5) is 6.19. The van der Waals surface area contributed by atoms with E-state index in [-0.39, 0.29) is 0 Å². The maximum atomic E-state index is 5.22. The van der Waals surface area contributed by atoms with Crippen molar-refractivity contribution in [3.8, 4) is 0 Å². The number of hydrogen-bond acceptors (Lipinski definition) is 5. The second-order valence-corrected chi connectivity index (χ2v) is 3.87. The minimum Gasteiger partial charge on any atom is -0.344 e. The molecule has 2 rings (SSSR count). The lowest BCUT2D eigenvalue weighted by Crippen LogP contribution is -2.28. The maximum absolute atomic E-state index is 5.22. The van der Waals surface area contributed by atoms with Crippen LogP contribution in [0.4, 0.5) is 5.95 Å². The van der Waals surface area contributed by atoms with Crippen LogP contribution in [0.5, 0.6) is 0 Å². The van der Waals surface area contributed by atoms with Gasteiger partial charge in [0, 0.05) is 20.6 Å². The zero-order chi connectivity index (χ0) is 9.97. The minimum atomic E-state index is 0.393. The van der Waals surface area contributed by atoms with Gasteiger partial charge in [0.2, 0.25) is 5.89 Å². The first kappa shape index (κ1) is 9.45. The molecule has 0 amide bonds. The second-order valence-electron chi connectivity index (χ2n) is 3.87. The second kappa shape index (κ2) is 3.96. The summed E-state index contributed by atoms with van der Waals surface area (Å²) in [6, 6.07) is 0. The molecule has 0 spiro atoms. The van der Waals surface area contributed by atoms with Crippen molar-refractivity contribution in [2.75, 3.05) is 32.1 Å². The van der Waals surface area contributed by atoms with Crippen LogP contribution >= 0.6 is 0 Å². The van der Waals surface area contributed by atoms with E-state index in [1.54, 1.807) is 0 Å². The molecule has 0 bridgehead atoms. The molecule has 0 unspecified atom stereocenters. The van der Waals surface area contributed by atoms with E-state index >= 15 is 0 Å². The number of hydrogen-bond donors (Lipinski definition) is 1. The van der Waals surface area contributed by atoms with Gasteiger partial charge in [0.25, 0.3) is 5.95 Å². The van der Waals surface area contributed by atoms with Gasteiger partial charge in [-0.25, -0.2) is 0 Å². The molecule has 0 aliphatic carbocycles. The highest BCUT2D eigenvalue weighted by atomic mass is 16.5. The molecular weight excluding hydrogens is 180 g/mol. The summed E-state index contributed by atoms with van der Waals surface area (Å²) in [5.41, 5.74) is 0. The summed E-state index contributed by atoms with van der Waals surface area (Å²) in [5.74, 6) is 1.82. The van der Waals surface area contributed by atoms with Crippen LogP contribution in [0.15, 0.2) is 4.52 Å². The van der Waals surface area contributed by atoms with Crippen LogP contribution in [0, 0.1) is 0 Å². The molecule has 1 N–H and O–H groups in total. The highest BCUT2D eigenvalue weighted by Crippen LogP contribution is 2.22. The van der Waals surface area contributed by atoms with E-state index in [1.165, 1.54) is 6.42 Å². The SMILES string of the molecule is CN(C)c1noc([C@@H]2CCCNC2)n1. The smallest absolute Gasteiger partial charge is 0.265 e. The molecule has 1 aromatic rings. The summed E-state index contributed by atoms with van der Waals surface area (Å²) in [7, 11) is 3.82. The van der Waals surface area contributed by atoms with Gasteiger partial charge in [-0.15, -0.1) is 0 Å². The van der Waals surface area contributed by atoms with Crippen molar-refractivity contribution in [2.45, 2.75) is 18.8 Å². The van der Waals surface area contributed by atoms with Gasteiger partial charge in [0.05, 0.1) is 5.92 Å². The molecule has 0 saturated carbocycles. The summed E-state index contributed by atoms with van der Waals surface area (Å²) in [5, 5.41) is 7.23. The van der Waals surface area contributed by atoms with Gasteiger partial charge in [-0.2, -0.15) is 4.98 Å². The van der Waals surface area contributed by atoms with Gasteiger partial charge in [-0.3, -0.25) is 0 Å². The van der Waals surface area contributed by atoms with Crippen molar-refractivity contribution < 1.29 is 4.52 Å². The van der Waals surface area contributed by atoms with E-state index < -0.39 is 0 Å². The van der Waals surface area contributed by atoms with Gasteiger partial charge in [-0.05, 0) is 24.5 Å². The molecule has 5 nitrogen and oxygen atoms in total. The Balaban J connectivity index is 2.07. The lowest BCUT2D eigenvalue weighted by Gasteiger charge is -2.18. The molecule has 14 heavy (non-hydrogen) atoms. The monoisotopic (exact) mass is 196 g/mol. The molecule has 2 heterocycles. The number of aromatic nitrogens is 2. The van der Waals surface area contributed by atoms with Crippen molar-refractivity contribution in [2.24, 2.45) is 0 Å². The summed E-state index contributed by atoms with van der Waals surface area (Å²) >= 11 is 0. The van der Waals surface area contributed by atoms with Gasteiger partial charge in [0.1, 0.15) is 0 Å². The van der Waals surface area contributed by atoms with Crippen LogP contribution in [-0.2, 0) is 0 Å². The Morgan fingerprint density at radius 2 is 2.36 bits per heavy atom. The fourth-order valence-electron chi connectivity index (χ4n) is 1.64. The van der Waals surface area contributed by atoms with Crippen LogP contribution in [0.25, 0.3) is 0 Å². The summed E-state index contributed by atoms with van der Waals surface area (Å²) in [6.45, 7) is 2.06. The lowest BCUT2D eigenvalue weighted by atomic mass is 10.00. The van der Waals surface area contributed by atoms with Crippen molar-refractivity contribution in [3.05, 3.63) is 5.89 Å². The Labute approximate surface area is 83.5 Å². The van der Waals surface area contributed by atoms with E-state index in [9.17, 15) is 0 Å². The molecule has 5 heteroatoms. The number of nitrogens with one attached hydrogen (secondary N) is 1. The molecule has 1 aromatic heterocycles. The first-order chi connectivity index (χ1) is 6.77. The average molecular weight is 196 g/mol.